The SMILES string of the molecule is CC(C)CNC(C(N)=O)c1ccc(O)cc1. The maximum absolute atomic E-state index is 11.3. The molecule has 0 saturated carbocycles. The molecule has 0 aromatic heterocycles. The summed E-state index contributed by atoms with van der Waals surface area (Å²) in [6, 6.07) is 5.98. The van der Waals surface area contributed by atoms with Gasteiger partial charge in [0.05, 0.1) is 0 Å². The molecule has 0 radical (unpaired) electrons. The molecule has 0 fully saturated rings. The van der Waals surface area contributed by atoms with Crippen molar-refractivity contribution < 1.29 is 9.90 Å². The monoisotopic (exact) mass is 222 g/mol. The van der Waals surface area contributed by atoms with Crippen LogP contribution in [0.4, 0.5) is 0 Å². The number of phenols is 1. The number of amides is 1. The maximum atomic E-state index is 11.3. The fourth-order valence-electron chi connectivity index (χ4n) is 1.40. The van der Waals surface area contributed by atoms with Crippen molar-refractivity contribution in [1.29, 1.82) is 0 Å². The van der Waals surface area contributed by atoms with Gasteiger partial charge in [-0.3, -0.25) is 4.79 Å². The minimum absolute atomic E-state index is 0.177. The number of benzene rings is 1. The van der Waals surface area contributed by atoms with E-state index in [4.69, 9.17) is 10.8 Å². The van der Waals surface area contributed by atoms with E-state index in [0.29, 0.717) is 12.5 Å². The lowest BCUT2D eigenvalue weighted by Gasteiger charge is -2.17. The first-order valence-corrected chi connectivity index (χ1v) is 5.32. The molecular formula is C12H18N2O2. The van der Waals surface area contributed by atoms with E-state index in [1.807, 2.05) is 0 Å². The molecule has 1 aromatic rings. The highest BCUT2D eigenvalue weighted by atomic mass is 16.3. The van der Waals surface area contributed by atoms with Gasteiger partial charge >= 0.3 is 0 Å². The zero-order chi connectivity index (χ0) is 12.1. The Labute approximate surface area is 95.5 Å². The molecule has 0 aliphatic heterocycles. The molecule has 4 N–H and O–H groups in total. The van der Waals surface area contributed by atoms with Crippen LogP contribution < -0.4 is 11.1 Å². The lowest BCUT2D eigenvalue weighted by Crippen LogP contribution is -2.35. The Morgan fingerprint density at radius 1 is 1.38 bits per heavy atom. The second-order valence-corrected chi connectivity index (χ2v) is 4.23. The van der Waals surface area contributed by atoms with Crippen LogP contribution in [0, 0.1) is 5.92 Å². The van der Waals surface area contributed by atoms with Gasteiger partial charge < -0.3 is 16.2 Å². The minimum atomic E-state index is -0.497. The van der Waals surface area contributed by atoms with Crippen LogP contribution in [0.1, 0.15) is 25.5 Å². The van der Waals surface area contributed by atoms with Crippen molar-refractivity contribution in [2.75, 3.05) is 6.54 Å². The van der Waals surface area contributed by atoms with E-state index >= 15 is 0 Å². The van der Waals surface area contributed by atoms with Crippen molar-refractivity contribution in [3.63, 3.8) is 0 Å². The molecule has 0 saturated heterocycles. The van der Waals surface area contributed by atoms with Gasteiger partial charge in [-0.15, -0.1) is 0 Å². The number of hydrogen-bond donors (Lipinski definition) is 3. The molecule has 4 nitrogen and oxygen atoms in total. The van der Waals surface area contributed by atoms with Crippen molar-refractivity contribution in [1.82, 2.24) is 5.32 Å². The number of nitrogens with one attached hydrogen (secondary N) is 1. The molecule has 4 heteroatoms. The smallest absolute Gasteiger partial charge is 0.239 e. The Morgan fingerprint density at radius 3 is 2.38 bits per heavy atom. The van der Waals surface area contributed by atoms with Gasteiger partial charge in [-0.05, 0) is 30.2 Å². The molecule has 0 spiro atoms. The van der Waals surface area contributed by atoms with Crippen LogP contribution in [-0.4, -0.2) is 17.6 Å². The molecule has 1 rings (SSSR count). The van der Waals surface area contributed by atoms with Crippen molar-refractivity contribution in [3.8, 4) is 5.75 Å². The highest BCUT2D eigenvalue weighted by Crippen LogP contribution is 2.16. The number of carbonyl (C=O) groups is 1. The van der Waals surface area contributed by atoms with Crippen molar-refractivity contribution in [2.24, 2.45) is 11.7 Å². The van der Waals surface area contributed by atoms with Crippen molar-refractivity contribution in [3.05, 3.63) is 29.8 Å². The van der Waals surface area contributed by atoms with Gasteiger partial charge in [0, 0.05) is 0 Å². The van der Waals surface area contributed by atoms with Gasteiger partial charge in [0.2, 0.25) is 5.91 Å². The number of primary amides is 1. The van der Waals surface area contributed by atoms with Crippen LogP contribution in [0.2, 0.25) is 0 Å². The van der Waals surface area contributed by atoms with E-state index in [1.165, 1.54) is 0 Å². The zero-order valence-electron chi connectivity index (χ0n) is 9.60. The average molecular weight is 222 g/mol. The summed E-state index contributed by atoms with van der Waals surface area (Å²) in [4.78, 5) is 11.3. The number of aromatic hydroxyl groups is 1. The highest BCUT2D eigenvalue weighted by Gasteiger charge is 2.17. The zero-order valence-corrected chi connectivity index (χ0v) is 9.60. The lowest BCUT2D eigenvalue weighted by molar-refractivity contribution is -0.120. The quantitative estimate of drug-likeness (QED) is 0.700. The molecule has 1 aromatic carbocycles. The molecule has 16 heavy (non-hydrogen) atoms. The Morgan fingerprint density at radius 2 is 1.94 bits per heavy atom. The van der Waals surface area contributed by atoms with Crippen LogP contribution in [0.25, 0.3) is 0 Å². The first kappa shape index (κ1) is 12.5. The van der Waals surface area contributed by atoms with Crippen molar-refractivity contribution in [2.45, 2.75) is 19.9 Å². The predicted molar refractivity (Wildman–Crippen MR) is 62.9 cm³/mol. The third kappa shape index (κ3) is 3.55. The van der Waals surface area contributed by atoms with Gasteiger partial charge in [-0.1, -0.05) is 26.0 Å². The molecule has 1 unspecified atom stereocenters. The first-order chi connectivity index (χ1) is 7.50. The standard InChI is InChI=1S/C12H18N2O2/c1-8(2)7-14-11(12(13)16)9-3-5-10(15)6-4-9/h3-6,8,11,14-15H,7H2,1-2H3,(H2,13,16). The van der Waals surface area contributed by atoms with Crippen LogP contribution in [0.15, 0.2) is 24.3 Å². The normalized spacial score (nSPS) is 12.7. The van der Waals surface area contributed by atoms with E-state index in [2.05, 4.69) is 19.2 Å². The van der Waals surface area contributed by atoms with Crippen LogP contribution in [0.3, 0.4) is 0 Å². The van der Waals surface area contributed by atoms with Crippen LogP contribution in [-0.2, 0) is 4.79 Å². The number of phenolic OH excluding ortho intramolecular Hbond substituents is 1. The lowest BCUT2D eigenvalue weighted by atomic mass is 10.1. The first-order valence-electron chi connectivity index (χ1n) is 5.32. The summed E-state index contributed by atoms with van der Waals surface area (Å²) in [7, 11) is 0. The summed E-state index contributed by atoms with van der Waals surface area (Å²) in [5.74, 6) is 0.209. The van der Waals surface area contributed by atoms with Gasteiger partial charge in [-0.25, -0.2) is 0 Å². The molecule has 88 valence electrons. The summed E-state index contributed by atoms with van der Waals surface area (Å²) in [5.41, 5.74) is 6.10. The van der Waals surface area contributed by atoms with E-state index in [-0.39, 0.29) is 5.75 Å². The molecule has 1 amide bonds. The van der Waals surface area contributed by atoms with Gasteiger partial charge in [-0.2, -0.15) is 0 Å². The highest BCUT2D eigenvalue weighted by molar-refractivity contribution is 5.81. The Balaban J connectivity index is 2.77. The molecule has 0 aliphatic carbocycles. The second-order valence-electron chi connectivity index (χ2n) is 4.23. The molecule has 0 bridgehead atoms. The molecule has 0 heterocycles. The van der Waals surface area contributed by atoms with Crippen LogP contribution >= 0.6 is 0 Å². The number of nitrogens with two attached hydrogens (primary N) is 1. The maximum Gasteiger partial charge on any atom is 0.239 e. The van der Waals surface area contributed by atoms with E-state index in [9.17, 15) is 4.79 Å². The minimum Gasteiger partial charge on any atom is -0.508 e. The Bertz CT molecular complexity index is 347. The summed E-state index contributed by atoms with van der Waals surface area (Å²) in [6.45, 7) is 4.83. The predicted octanol–water partition coefficient (Wildman–Crippen LogP) is 1.16. The number of hydrogen-bond acceptors (Lipinski definition) is 3. The van der Waals surface area contributed by atoms with Crippen molar-refractivity contribution >= 4 is 5.91 Å². The van der Waals surface area contributed by atoms with E-state index in [1.54, 1.807) is 24.3 Å². The topological polar surface area (TPSA) is 75.3 Å². The third-order valence-electron chi connectivity index (χ3n) is 2.24. The summed E-state index contributed by atoms with van der Waals surface area (Å²) < 4.78 is 0. The molecular weight excluding hydrogens is 204 g/mol. The number of carbonyl (C=O) groups excluding carboxylic acids is 1. The Hall–Kier alpha value is -1.55. The number of rotatable bonds is 5. The van der Waals surface area contributed by atoms with Gasteiger partial charge in [0.25, 0.3) is 0 Å². The van der Waals surface area contributed by atoms with Crippen LogP contribution in [0.5, 0.6) is 5.75 Å². The average Bonchev–Trinajstić information content (AvgIpc) is 2.20. The summed E-state index contributed by atoms with van der Waals surface area (Å²) >= 11 is 0. The molecule has 0 aliphatic rings. The summed E-state index contributed by atoms with van der Waals surface area (Å²) in [6.07, 6.45) is 0. The third-order valence-corrected chi connectivity index (χ3v) is 2.24. The fourth-order valence-corrected chi connectivity index (χ4v) is 1.40. The van der Waals surface area contributed by atoms with E-state index < -0.39 is 11.9 Å². The Kier molecular flexibility index (Phi) is 4.31. The van der Waals surface area contributed by atoms with E-state index in [0.717, 1.165) is 5.56 Å². The fraction of sp³-hybridized carbons (Fsp3) is 0.417. The van der Waals surface area contributed by atoms with Gasteiger partial charge in [0.1, 0.15) is 11.8 Å². The second kappa shape index (κ2) is 5.51. The van der Waals surface area contributed by atoms with Gasteiger partial charge in [0.15, 0.2) is 0 Å². The molecule has 1 atom stereocenters. The summed E-state index contributed by atoms with van der Waals surface area (Å²) in [5, 5.41) is 12.3. The largest absolute Gasteiger partial charge is 0.508 e.